The summed E-state index contributed by atoms with van der Waals surface area (Å²) in [5.74, 6) is 1.21. The minimum Gasteiger partial charge on any atom is -0.494 e. The molecule has 0 N–H and O–H groups in total. The predicted octanol–water partition coefficient (Wildman–Crippen LogP) is 3.11. The van der Waals surface area contributed by atoms with Crippen molar-refractivity contribution in [1.82, 2.24) is 4.31 Å². The Balaban J connectivity index is 2.80. The third-order valence-electron chi connectivity index (χ3n) is 2.83. The number of sulfonamides is 1. The van der Waals surface area contributed by atoms with E-state index in [0.29, 0.717) is 36.2 Å². The molecule has 0 atom stereocenters. The van der Waals surface area contributed by atoms with E-state index in [0.717, 1.165) is 12.8 Å². The van der Waals surface area contributed by atoms with E-state index in [9.17, 15) is 8.42 Å². The van der Waals surface area contributed by atoms with Crippen LogP contribution in [0.2, 0.25) is 0 Å². The van der Waals surface area contributed by atoms with Crippen LogP contribution in [0.3, 0.4) is 0 Å². The van der Waals surface area contributed by atoms with E-state index in [1.807, 2.05) is 13.8 Å². The van der Waals surface area contributed by atoms with Gasteiger partial charge >= 0.3 is 0 Å². The van der Waals surface area contributed by atoms with Crippen LogP contribution in [0.25, 0.3) is 0 Å². The van der Waals surface area contributed by atoms with Crippen molar-refractivity contribution in [2.24, 2.45) is 0 Å². The van der Waals surface area contributed by atoms with Crippen molar-refractivity contribution < 1.29 is 13.2 Å². The number of benzene rings is 1. The fourth-order valence-electron chi connectivity index (χ4n) is 1.80. The summed E-state index contributed by atoms with van der Waals surface area (Å²) in [6.07, 6.45) is 1.56. The maximum atomic E-state index is 12.4. The second-order valence-corrected chi connectivity index (χ2v) is 6.68. The Kier molecular flexibility index (Phi) is 7.34. The third kappa shape index (κ3) is 4.65. The van der Waals surface area contributed by atoms with Gasteiger partial charge in [-0.3, -0.25) is 0 Å². The lowest BCUT2D eigenvalue weighted by Crippen LogP contribution is -2.31. The minimum absolute atomic E-state index is 0.303. The molecule has 114 valence electrons. The molecule has 0 aliphatic rings. The summed E-state index contributed by atoms with van der Waals surface area (Å²) in [4.78, 5) is 0.303. The van der Waals surface area contributed by atoms with Crippen molar-refractivity contribution in [2.45, 2.75) is 31.6 Å². The lowest BCUT2D eigenvalue weighted by Gasteiger charge is -2.19. The fraction of sp³-hybridized carbons (Fsp3) is 0.571. The number of ether oxygens (including phenoxy) is 1. The first-order valence-electron chi connectivity index (χ1n) is 6.85. The van der Waals surface area contributed by atoms with Crippen molar-refractivity contribution in [3.63, 3.8) is 0 Å². The molecule has 0 aliphatic carbocycles. The number of hydrogen-bond donors (Lipinski definition) is 0. The van der Waals surface area contributed by atoms with Crippen LogP contribution < -0.4 is 4.74 Å². The molecule has 20 heavy (non-hydrogen) atoms. The van der Waals surface area contributed by atoms with Crippen LogP contribution in [0.1, 0.15) is 26.7 Å². The number of hydrogen-bond acceptors (Lipinski definition) is 3. The highest BCUT2D eigenvalue weighted by atomic mass is 35.5. The van der Waals surface area contributed by atoms with Crippen molar-refractivity contribution in [3.05, 3.63) is 24.3 Å². The summed E-state index contributed by atoms with van der Waals surface area (Å²) < 4.78 is 31.7. The SMILES string of the molecule is CCCN(CC)S(=O)(=O)c1ccc(OCCCCl)cc1. The van der Waals surface area contributed by atoms with Gasteiger partial charge in [0.05, 0.1) is 11.5 Å². The highest BCUT2D eigenvalue weighted by molar-refractivity contribution is 7.89. The highest BCUT2D eigenvalue weighted by Crippen LogP contribution is 2.20. The quantitative estimate of drug-likeness (QED) is 0.519. The van der Waals surface area contributed by atoms with E-state index in [1.54, 1.807) is 24.3 Å². The zero-order valence-corrected chi connectivity index (χ0v) is 13.6. The molecule has 0 fully saturated rings. The summed E-state index contributed by atoms with van der Waals surface area (Å²) in [5, 5.41) is 0. The molecule has 0 spiro atoms. The first-order chi connectivity index (χ1) is 9.56. The molecule has 0 heterocycles. The Morgan fingerprint density at radius 1 is 1.20 bits per heavy atom. The molecule has 0 aromatic heterocycles. The van der Waals surface area contributed by atoms with Gasteiger partial charge in [0.15, 0.2) is 0 Å². The van der Waals surface area contributed by atoms with E-state index >= 15 is 0 Å². The number of halogens is 1. The molecule has 1 rings (SSSR count). The maximum absolute atomic E-state index is 12.4. The molecule has 0 saturated heterocycles. The fourth-order valence-corrected chi connectivity index (χ4v) is 3.45. The van der Waals surface area contributed by atoms with Crippen LogP contribution in [0.4, 0.5) is 0 Å². The topological polar surface area (TPSA) is 46.6 Å². The lowest BCUT2D eigenvalue weighted by atomic mass is 10.3. The first-order valence-corrected chi connectivity index (χ1v) is 8.82. The average Bonchev–Trinajstić information content (AvgIpc) is 2.45. The van der Waals surface area contributed by atoms with Crippen LogP contribution in [0.5, 0.6) is 5.75 Å². The van der Waals surface area contributed by atoms with Crippen LogP contribution in [-0.4, -0.2) is 38.3 Å². The second kappa shape index (κ2) is 8.49. The van der Waals surface area contributed by atoms with Crippen molar-refractivity contribution in [2.75, 3.05) is 25.6 Å². The Labute approximate surface area is 126 Å². The molecular weight excluding hydrogens is 298 g/mol. The molecular formula is C14H22ClNO3S. The first kappa shape index (κ1) is 17.3. The van der Waals surface area contributed by atoms with Crippen molar-refractivity contribution in [1.29, 1.82) is 0 Å². The van der Waals surface area contributed by atoms with E-state index < -0.39 is 10.0 Å². The van der Waals surface area contributed by atoms with Crippen LogP contribution in [0, 0.1) is 0 Å². The molecule has 0 radical (unpaired) electrons. The normalized spacial score (nSPS) is 11.8. The number of alkyl halides is 1. The van der Waals surface area contributed by atoms with E-state index in [4.69, 9.17) is 16.3 Å². The van der Waals surface area contributed by atoms with E-state index in [2.05, 4.69) is 0 Å². The Bertz CT molecular complexity index is 488. The van der Waals surface area contributed by atoms with Gasteiger partial charge in [0.25, 0.3) is 0 Å². The van der Waals surface area contributed by atoms with Gasteiger partial charge in [-0.15, -0.1) is 11.6 Å². The maximum Gasteiger partial charge on any atom is 0.243 e. The largest absolute Gasteiger partial charge is 0.494 e. The Morgan fingerprint density at radius 2 is 1.85 bits per heavy atom. The van der Waals surface area contributed by atoms with Gasteiger partial charge in [0.2, 0.25) is 10.0 Å². The molecule has 0 aliphatic heterocycles. The summed E-state index contributed by atoms with van der Waals surface area (Å²) >= 11 is 5.57. The van der Waals surface area contributed by atoms with Crippen molar-refractivity contribution in [3.8, 4) is 5.75 Å². The summed E-state index contributed by atoms with van der Waals surface area (Å²) in [6, 6.07) is 6.54. The highest BCUT2D eigenvalue weighted by Gasteiger charge is 2.21. The van der Waals surface area contributed by atoms with Crippen LogP contribution >= 0.6 is 11.6 Å². The Hall–Kier alpha value is -0.780. The van der Waals surface area contributed by atoms with Gasteiger partial charge in [-0.1, -0.05) is 13.8 Å². The van der Waals surface area contributed by atoms with Gasteiger partial charge < -0.3 is 4.74 Å². The Morgan fingerprint density at radius 3 is 2.35 bits per heavy atom. The molecule has 0 bridgehead atoms. The predicted molar refractivity (Wildman–Crippen MR) is 82.0 cm³/mol. The monoisotopic (exact) mass is 319 g/mol. The van der Waals surface area contributed by atoms with Crippen molar-refractivity contribution >= 4 is 21.6 Å². The van der Waals surface area contributed by atoms with Gasteiger partial charge in [0, 0.05) is 19.0 Å². The third-order valence-corrected chi connectivity index (χ3v) is 5.09. The van der Waals surface area contributed by atoms with Gasteiger partial charge in [-0.25, -0.2) is 8.42 Å². The molecule has 1 aromatic carbocycles. The molecule has 6 heteroatoms. The average molecular weight is 320 g/mol. The molecule has 0 saturated carbocycles. The number of nitrogens with zero attached hydrogens (tertiary/aromatic N) is 1. The molecule has 0 unspecified atom stereocenters. The summed E-state index contributed by atoms with van der Waals surface area (Å²) in [5.41, 5.74) is 0. The van der Waals surface area contributed by atoms with E-state index in [1.165, 1.54) is 4.31 Å². The van der Waals surface area contributed by atoms with E-state index in [-0.39, 0.29) is 0 Å². The minimum atomic E-state index is -3.40. The molecule has 0 amide bonds. The number of rotatable bonds is 9. The summed E-state index contributed by atoms with van der Waals surface area (Å²) in [6.45, 7) is 5.35. The zero-order valence-electron chi connectivity index (χ0n) is 12.0. The summed E-state index contributed by atoms with van der Waals surface area (Å²) in [7, 11) is -3.40. The second-order valence-electron chi connectivity index (χ2n) is 4.36. The van der Waals surface area contributed by atoms with Crippen LogP contribution in [-0.2, 0) is 10.0 Å². The lowest BCUT2D eigenvalue weighted by molar-refractivity contribution is 0.318. The zero-order chi connectivity index (χ0) is 15.0. The van der Waals surface area contributed by atoms with Gasteiger partial charge in [-0.2, -0.15) is 4.31 Å². The molecule has 1 aromatic rings. The smallest absolute Gasteiger partial charge is 0.243 e. The van der Waals surface area contributed by atoms with Gasteiger partial charge in [0.1, 0.15) is 5.75 Å². The van der Waals surface area contributed by atoms with Gasteiger partial charge in [-0.05, 0) is 37.1 Å². The molecule has 4 nitrogen and oxygen atoms in total. The van der Waals surface area contributed by atoms with Crippen LogP contribution in [0.15, 0.2) is 29.2 Å². The standard InChI is InChI=1S/C14H22ClNO3S/c1-3-11-16(4-2)20(17,18)14-8-6-13(7-9-14)19-12-5-10-15/h6-9H,3-5,10-12H2,1-2H3.